The van der Waals surface area contributed by atoms with Gasteiger partial charge in [0.1, 0.15) is 11.8 Å². The van der Waals surface area contributed by atoms with Crippen molar-refractivity contribution in [3.05, 3.63) is 81.9 Å². The van der Waals surface area contributed by atoms with E-state index in [0.717, 1.165) is 30.5 Å². The van der Waals surface area contributed by atoms with Gasteiger partial charge in [0.2, 0.25) is 5.95 Å². The number of aromatic nitrogens is 4. The van der Waals surface area contributed by atoms with Crippen molar-refractivity contribution < 1.29 is 37.8 Å². The minimum atomic E-state index is -5.28. The van der Waals surface area contributed by atoms with E-state index in [2.05, 4.69) is 25.3 Å². The van der Waals surface area contributed by atoms with Crippen molar-refractivity contribution in [3.63, 3.8) is 0 Å². The summed E-state index contributed by atoms with van der Waals surface area (Å²) in [6.45, 7) is -0.746. The van der Waals surface area contributed by atoms with E-state index >= 15 is 0 Å². The first-order valence-electron chi connectivity index (χ1n) is 11.6. The number of hydrogen-bond acceptors (Lipinski definition) is 9. The highest BCUT2D eigenvalue weighted by molar-refractivity contribution is 5.99. The summed E-state index contributed by atoms with van der Waals surface area (Å²) in [6, 6.07) is 8.70. The number of carboxylic acids is 1. The molecule has 4 rings (SSSR count). The predicted octanol–water partition coefficient (Wildman–Crippen LogP) is 1.52. The molecule has 16 heteroatoms. The maximum Gasteiger partial charge on any atom is 0.471 e. The topological polar surface area (TPSA) is 204 Å². The summed E-state index contributed by atoms with van der Waals surface area (Å²) in [5.74, 6) is -4.68. The highest BCUT2D eigenvalue weighted by Crippen LogP contribution is 2.26. The highest BCUT2D eigenvalue weighted by Gasteiger charge is 2.43. The molecule has 6 N–H and O–H groups in total. The maximum atomic E-state index is 13.4. The van der Waals surface area contributed by atoms with Crippen molar-refractivity contribution >= 4 is 40.6 Å². The maximum absolute atomic E-state index is 13.4. The number of carbonyl (C=O) groups excluding carboxylic acids is 2. The molecule has 0 aliphatic carbocycles. The number of phenols is 1. The third kappa shape index (κ3) is 6.73. The molecule has 0 aliphatic rings. The molecule has 2 aromatic heterocycles. The van der Waals surface area contributed by atoms with Crippen LogP contribution in [0.15, 0.2) is 59.5 Å². The van der Waals surface area contributed by atoms with Crippen LogP contribution in [-0.4, -0.2) is 60.2 Å². The summed E-state index contributed by atoms with van der Waals surface area (Å²) in [5, 5.41) is 21.2. The van der Waals surface area contributed by atoms with Crippen LogP contribution in [0.5, 0.6) is 5.75 Å². The Labute approximate surface area is 227 Å². The van der Waals surface area contributed by atoms with Crippen LogP contribution < -0.4 is 21.5 Å². The number of nitrogens with two attached hydrogens (primary N) is 1. The fourth-order valence-corrected chi connectivity index (χ4v) is 3.74. The van der Waals surface area contributed by atoms with Crippen LogP contribution in [0.1, 0.15) is 21.6 Å². The normalized spacial score (nSPS) is 12.1. The number of fused-ring (bicyclic) bond motifs is 1. The number of nitrogens with zero attached hydrogens (tertiary/aromatic N) is 4. The van der Waals surface area contributed by atoms with Crippen molar-refractivity contribution in [2.24, 2.45) is 0 Å². The molecule has 2 aromatic carbocycles. The SMILES string of the molecule is Nc1nc2ncc(CN(C(=O)C(F)(F)F)c3ccc(C(=O)N[C@@H](Cc4ccc(O)cc4)C(=O)O)cc3)nc2c(=O)[nH]1. The number of aliphatic carboxylic acids is 1. The number of halogens is 3. The highest BCUT2D eigenvalue weighted by atomic mass is 19.4. The number of benzene rings is 2. The number of alkyl halides is 3. The molecule has 4 aromatic rings. The smallest absolute Gasteiger partial charge is 0.471 e. The number of phenolic OH excluding ortho intramolecular Hbond substituents is 1. The number of nitrogen functional groups attached to an aromatic ring is 1. The van der Waals surface area contributed by atoms with E-state index in [4.69, 9.17) is 5.73 Å². The van der Waals surface area contributed by atoms with Gasteiger partial charge in [-0.1, -0.05) is 12.1 Å². The number of hydrogen-bond donors (Lipinski definition) is 5. The number of carboxylic acid groups (broad SMARTS) is 1. The van der Waals surface area contributed by atoms with Gasteiger partial charge in [0.25, 0.3) is 11.5 Å². The zero-order chi connectivity index (χ0) is 29.9. The monoisotopic (exact) mass is 571 g/mol. The van der Waals surface area contributed by atoms with Gasteiger partial charge in [-0.2, -0.15) is 18.2 Å². The lowest BCUT2D eigenvalue weighted by Crippen LogP contribution is -2.42. The molecule has 13 nitrogen and oxygen atoms in total. The van der Waals surface area contributed by atoms with Gasteiger partial charge < -0.3 is 21.3 Å². The van der Waals surface area contributed by atoms with Gasteiger partial charge in [-0.15, -0.1) is 0 Å². The summed E-state index contributed by atoms with van der Waals surface area (Å²) in [5.41, 5.74) is 4.19. The minimum Gasteiger partial charge on any atom is -0.508 e. The Bertz CT molecular complexity index is 1670. The number of carbonyl (C=O) groups is 3. The molecule has 0 saturated heterocycles. The van der Waals surface area contributed by atoms with Gasteiger partial charge in [0.05, 0.1) is 18.4 Å². The Morgan fingerprint density at radius 3 is 2.32 bits per heavy atom. The molecule has 0 bridgehead atoms. The van der Waals surface area contributed by atoms with E-state index in [9.17, 15) is 42.6 Å². The Balaban J connectivity index is 1.57. The molecule has 0 fully saturated rings. The van der Waals surface area contributed by atoms with E-state index in [1.807, 2.05) is 0 Å². The van der Waals surface area contributed by atoms with Crippen molar-refractivity contribution in [1.29, 1.82) is 0 Å². The molecule has 0 aliphatic heterocycles. The standard InChI is InChI=1S/C25H20F3N7O6/c26-25(27,28)23(41)35(11-14-10-30-19-18(31-14)21(38)34-24(29)33-19)15-5-3-13(4-6-15)20(37)32-17(22(39)40)9-12-1-7-16(36)8-2-12/h1-8,10,17,36H,9,11H2,(H,32,37)(H,39,40)(H3,29,30,33,34,38)/t17-/m0/s1. The zero-order valence-corrected chi connectivity index (χ0v) is 20.7. The van der Waals surface area contributed by atoms with E-state index in [-0.39, 0.29) is 46.2 Å². The van der Waals surface area contributed by atoms with E-state index in [1.165, 1.54) is 24.3 Å². The molecule has 0 saturated carbocycles. The summed E-state index contributed by atoms with van der Waals surface area (Å²) in [4.78, 5) is 62.9. The van der Waals surface area contributed by atoms with E-state index < -0.39 is 42.1 Å². The van der Waals surface area contributed by atoms with Crippen molar-refractivity contribution in [2.45, 2.75) is 25.2 Å². The average molecular weight is 571 g/mol. The lowest BCUT2D eigenvalue weighted by molar-refractivity contribution is -0.170. The molecule has 0 spiro atoms. The Morgan fingerprint density at radius 1 is 1.05 bits per heavy atom. The summed E-state index contributed by atoms with van der Waals surface area (Å²) < 4.78 is 40.3. The molecule has 2 amide bonds. The van der Waals surface area contributed by atoms with Gasteiger partial charge in [-0.3, -0.25) is 24.3 Å². The average Bonchev–Trinajstić information content (AvgIpc) is 2.92. The van der Waals surface area contributed by atoms with Gasteiger partial charge in [-0.25, -0.2) is 14.8 Å². The first-order valence-corrected chi connectivity index (χ1v) is 11.6. The van der Waals surface area contributed by atoms with Crippen molar-refractivity contribution in [1.82, 2.24) is 25.3 Å². The summed E-state index contributed by atoms with van der Waals surface area (Å²) >= 11 is 0. The fraction of sp³-hybridized carbons (Fsp3) is 0.160. The summed E-state index contributed by atoms with van der Waals surface area (Å²) in [6.07, 6.45) is -4.35. The fourth-order valence-electron chi connectivity index (χ4n) is 3.74. The number of nitrogens with one attached hydrogen (secondary N) is 2. The number of anilines is 2. The Morgan fingerprint density at radius 2 is 1.71 bits per heavy atom. The predicted molar refractivity (Wildman–Crippen MR) is 137 cm³/mol. The van der Waals surface area contributed by atoms with Crippen LogP contribution in [0.2, 0.25) is 0 Å². The van der Waals surface area contributed by atoms with Gasteiger partial charge >= 0.3 is 18.1 Å². The molecule has 0 radical (unpaired) electrons. The van der Waals surface area contributed by atoms with Gasteiger partial charge in [-0.05, 0) is 42.0 Å². The lowest BCUT2D eigenvalue weighted by atomic mass is 10.1. The molecule has 41 heavy (non-hydrogen) atoms. The number of aromatic amines is 1. The van der Waals surface area contributed by atoms with Crippen LogP contribution in [-0.2, 0) is 22.6 Å². The van der Waals surface area contributed by atoms with E-state index in [0.29, 0.717) is 10.5 Å². The lowest BCUT2D eigenvalue weighted by Gasteiger charge is -2.24. The summed E-state index contributed by atoms with van der Waals surface area (Å²) in [7, 11) is 0. The van der Waals surface area contributed by atoms with Crippen LogP contribution in [0, 0.1) is 0 Å². The van der Waals surface area contributed by atoms with E-state index in [1.54, 1.807) is 0 Å². The number of H-pyrrole nitrogens is 1. The van der Waals surface area contributed by atoms with Crippen molar-refractivity contribution in [2.75, 3.05) is 10.6 Å². The van der Waals surface area contributed by atoms with Gasteiger partial charge in [0.15, 0.2) is 11.2 Å². The molecular weight excluding hydrogens is 551 g/mol. The number of aromatic hydroxyl groups is 1. The largest absolute Gasteiger partial charge is 0.508 e. The second-order valence-electron chi connectivity index (χ2n) is 8.66. The second-order valence-corrected chi connectivity index (χ2v) is 8.66. The second kappa shape index (κ2) is 11.3. The van der Waals surface area contributed by atoms with Crippen LogP contribution in [0.25, 0.3) is 11.2 Å². The third-order valence-corrected chi connectivity index (χ3v) is 5.71. The minimum absolute atomic E-state index is 0.0219. The number of rotatable bonds is 8. The first-order chi connectivity index (χ1) is 19.3. The Kier molecular flexibility index (Phi) is 7.84. The Hall–Kier alpha value is -5.54. The molecule has 1 atom stereocenters. The number of amides is 2. The van der Waals surface area contributed by atoms with Crippen molar-refractivity contribution in [3.8, 4) is 5.75 Å². The molecular formula is C25H20F3N7O6. The van der Waals surface area contributed by atoms with Crippen LogP contribution in [0.3, 0.4) is 0 Å². The van der Waals surface area contributed by atoms with Gasteiger partial charge in [0, 0.05) is 17.7 Å². The first kappa shape index (κ1) is 28.5. The molecule has 2 heterocycles. The molecule has 0 unspecified atom stereocenters. The zero-order valence-electron chi connectivity index (χ0n) is 20.7. The third-order valence-electron chi connectivity index (χ3n) is 5.71. The quantitative estimate of drug-likeness (QED) is 0.206. The molecule has 212 valence electrons. The van der Waals surface area contributed by atoms with Crippen LogP contribution in [0.4, 0.5) is 24.8 Å². The van der Waals surface area contributed by atoms with Crippen LogP contribution >= 0.6 is 0 Å².